The Labute approximate surface area is 57.5 Å². The van der Waals surface area contributed by atoms with Crippen LogP contribution >= 0.6 is 0 Å². The molecule has 0 aliphatic carbocycles. The molecule has 3 amide bonds. The van der Waals surface area contributed by atoms with E-state index in [2.05, 4.69) is 5.32 Å². The number of nitrogens with one attached hydrogen (secondary N) is 1. The topological polar surface area (TPSA) is 49.4 Å². The molecule has 0 aromatic rings. The van der Waals surface area contributed by atoms with Crippen LogP contribution < -0.4 is 5.32 Å². The average molecular weight is 138 g/mol. The van der Waals surface area contributed by atoms with Crippen LogP contribution in [0, 0.1) is 0 Å². The van der Waals surface area contributed by atoms with E-state index >= 15 is 0 Å². The van der Waals surface area contributed by atoms with Gasteiger partial charge in [0, 0.05) is 6.20 Å². The van der Waals surface area contributed by atoms with Gasteiger partial charge in [-0.2, -0.15) is 0 Å². The Bertz CT molecular complexity index is 234. The predicted molar refractivity (Wildman–Crippen MR) is 32.9 cm³/mol. The first kappa shape index (κ1) is 5.46. The number of amides is 3. The van der Waals surface area contributed by atoms with E-state index in [1.165, 1.54) is 4.90 Å². The molecule has 2 aliphatic heterocycles. The zero-order valence-corrected chi connectivity index (χ0v) is 5.20. The molecule has 1 fully saturated rings. The van der Waals surface area contributed by atoms with E-state index in [-0.39, 0.29) is 18.0 Å². The molecule has 52 valence electrons. The summed E-state index contributed by atoms with van der Waals surface area (Å²) in [7, 11) is 0. The molecule has 0 aromatic heterocycles. The average Bonchev–Trinajstić information content (AvgIpc) is 2.39. The standard InChI is InChI=1S/C6H6N2O2/c9-5-4-2-1-3-8(4)6(10)7-5/h1,3-4H,2H2,(H,7,9,10). The van der Waals surface area contributed by atoms with Crippen molar-refractivity contribution in [3.63, 3.8) is 0 Å². The van der Waals surface area contributed by atoms with E-state index in [1.54, 1.807) is 6.20 Å². The van der Waals surface area contributed by atoms with Crippen molar-refractivity contribution in [3.8, 4) is 0 Å². The molecule has 4 nitrogen and oxygen atoms in total. The van der Waals surface area contributed by atoms with E-state index in [0.29, 0.717) is 6.42 Å². The molecule has 0 bridgehead atoms. The Morgan fingerprint density at radius 1 is 1.60 bits per heavy atom. The molecule has 2 heterocycles. The largest absolute Gasteiger partial charge is 0.328 e. The van der Waals surface area contributed by atoms with Crippen LogP contribution in [0.4, 0.5) is 4.79 Å². The number of carbonyl (C=O) groups excluding carboxylic acids is 2. The van der Waals surface area contributed by atoms with Crippen molar-refractivity contribution in [3.05, 3.63) is 12.3 Å². The number of nitrogens with zero attached hydrogens (tertiary/aromatic N) is 1. The van der Waals surface area contributed by atoms with Crippen molar-refractivity contribution in [1.82, 2.24) is 10.2 Å². The van der Waals surface area contributed by atoms with Crippen LogP contribution in [-0.4, -0.2) is 22.9 Å². The first-order valence-corrected chi connectivity index (χ1v) is 3.09. The predicted octanol–water partition coefficient (Wildman–Crippen LogP) is -0.176. The minimum atomic E-state index is -0.302. The molecule has 2 aliphatic rings. The van der Waals surface area contributed by atoms with Crippen LogP contribution in [0.15, 0.2) is 12.3 Å². The van der Waals surface area contributed by atoms with Gasteiger partial charge in [0.25, 0.3) is 5.91 Å². The molecule has 1 atom stereocenters. The van der Waals surface area contributed by atoms with Crippen LogP contribution in [0.25, 0.3) is 0 Å². The minimum Gasteiger partial charge on any atom is -0.288 e. The molecule has 1 unspecified atom stereocenters. The summed E-state index contributed by atoms with van der Waals surface area (Å²) < 4.78 is 0. The van der Waals surface area contributed by atoms with E-state index < -0.39 is 0 Å². The number of carbonyl (C=O) groups is 2. The van der Waals surface area contributed by atoms with Crippen molar-refractivity contribution < 1.29 is 9.59 Å². The number of imide groups is 1. The quantitative estimate of drug-likeness (QED) is 0.472. The van der Waals surface area contributed by atoms with Crippen LogP contribution in [0.5, 0.6) is 0 Å². The molecular formula is C6H6N2O2. The number of fused-ring (bicyclic) bond motifs is 1. The lowest BCUT2D eigenvalue weighted by Crippen LogP contribution is -2.25. The summed E-state index contributed by atoms with van der Waals surface area (Å²) in [6.07, 6.45) is 4.11. The Morgan fingerprint density at radius 2 is 2.40 bits per heavy atom. The Morgan fingerprint density at radius 3 is 3.10 bits per heavy atom. The number of hydrogen-bond donors (Lipinski definition) is 1. The van der Waals surface area contributed by atoms with Gasteiger partial charge < -0.3 is 0 Å². The zero-order valence-electron chi connectivity index (χ0n) is 5.20. The van der Waals surface area contributed by atoms with E-state index in [9.17, 15) is 9.59 Å². The highest BCUT2D eigenvalue weighted by molar-refractivity contribution is 6.05. The van der Waals surface area contributed by atoms with Gasteiger partial charge in [-0.05, 0) is 6.42 Å². The van der Waals surface area contributed by atoms with Gasteiger partial charge in [0.05, 0.1) is 0 Å². The third-order valence-corrected chi connectivity index (χ3v) is 1.73. The second kappa shape index (κ2) is 1.59. The SMILES string of the molecule is O=C1NC(=O)N2C=CCC12. The lowest BCUT2D eigenvalue weighted by atomic mass is 10.2. The highest BCUT2D eigenvalue weighted by atomic mass is 16.2. The molecule has 0 aromatic carbocycles. The van der Waals surface area contributed by atoms with E-state index in [0.717, 1.165) is 0 Å². The minimum absolute atomic E-state index is 0.185. The number of rotatable bonds is 0. The molecule has 4 heteroatoms. The Kier molecular flexibility index (Phi) is 0.869. The smallest absolute Gasteiger partial charge is 0.288 e. The summed E-state index contributed by atoms with van der Waals surface area (Å²) in [5.74, 6) is -0.185. The van der Waals surface area contributed by atoms with Crippen molar-refractivity contribution in [2.75, 3.05) is 0 Å². The summed E-state index contributed by atoms with van der Waals surface area (Å²) in [6, 6.07) is -0.559. The Balaban J connectivity index is 2.33. The van der Waals surface area contributed by atoms with Crippen LogP contribution in [-0.2, 0) is 4.79 Å². The number of urea groups is 1. The molecule has 0 saturated carbocycles. The van der Waals surface area contributed by atoms with E-state index in [4.69, 9.17) is 0 Å². The van der Waals surface area contributed by atoms with Gasteiger partial charge in [-0.1, -0.05) is 6.08 Å². The first-order valence-electron chi connectivity index (χ1n) is 3.09. The molecule has 0 spiro atoms. The first-order chi connectivity index (χ1) is 4.79. The van der Waals surface area contributed by atoms with Crippen molar-refractivity contribution in [1.29, 1.82) is 0 Å². The van der Waals surface area contributed by atoms with Gasteiger partial charge in [0.15, 0.2) is 0 Å². The second-order valence-electron chi connectivity index (χ2n) is 2.34. The summed E-state index contributed by atoms with van der Waals surface area (Å²) in [5.41, 5.74) is 0. The molecule has 0 radical (unpaired) electrons. The molecule has 10 heavy (non-hydrogen) atoms. The van der Waals surface area contributed by atoms with Gasteiger partial charge in [0.2, 0.25) is 0 Å². The monoisotopic (exact) mass is 138 g/mol. The van der Waals surface area contributed by atoms with Crippen LogP contribution in [0.3, 0.4) is 0 Å². The van der Waals surface area contributed by atoms with Gasteiger partial charge >= 0.3 is 6.03 Å². The summed E-state index contributed by atoms with van der Waals surface area (Å²) in [4.78, 5) is 23.1. The second-order valence-corrected chi connectivity index (χ2v) is 2.34. The fourth-order valence-electron chi connectivity index (χ4n) is 1.22. The van der Waals surface area contributed by atoms with Gasteiger partial charge in [0.1, 0.15) is 6.04 Å². The van der Waals surface area contributed by atoms with Crippen LogP contribution in [0.1, 0.15) is 6.42 Å². The highest BCUT2D eigenvalue weighted by Gasteiger charge is 2.38. The van der Waals surface area contributed by atoms with Gasteiger partial charge in [-0.3, -0.25) is 15.0 Å². The molecule has 2 rings (SSSR count). The maximum atomic E-state index is 10.9. The van der Waals surface area contributed by atoms with Crippen LogP contribution in [0.2, 0.25) is 0 Å². The molecule has 1 saturated heterocycles. The van der Waals surface area contributed by atoms with Crippen molar-refractivity contribution in [2.45, 2.75) is 12.5 Å². The zero-order chi connectivity index (χ0) is 7.14. The fourth-order valence-corrected chi connectivity index (χ4v) is 1.22. The van der Waals surface area contributed by atoms with E-state index in [1.807, 2.05) is 6.08 Å². The molecule has 1 N–H and O–H groups in total. The summed E-state index contributed by atoms with van der Waals surface area (Å²) in [5, 5.41) is 2.22. The normalized spacial score (nSPS) is 29.2. The number of hydrogen-bond acceptors (Lipinski definition) is 2. The maximum absolute atomic E-state index is 10.9. The lowest BCUT2D eigenvalue weighted by Gasteiger charge is -2.07. The Hall–Kier alpha value is -1.32. The summed E-state index contributed by atoms with van der Waals surface area (Å²) in [6.45, 7) is 0. The van der Waals surface area contributed by atoms with Crippen molar-refractivity contribution >= 4 is 11.9 Å². The third-order valence-electron chi connectivity index (χ3n) is 1.73. The molecular weight excluding hydrogens is 132 g/mol. The van der Waals surface area contributed by atoms with Crippen molar-refractivity contribution in [2.24, 2.45) is 0 Å². The maximum Gasteiger partial charge on any atom is 0.328 e. The summed E-state index contributed by atoms with van der Waals surface area (Å²) >= 11 is 0. The lowest BCUT2D eigenvalue weighted by molar-refractivity contribution is -0.120. The highest BCUT2D eigenvalue weighted by Crippen LogP contribution is 2.18. The van der Waals surface area contributed by atoms with Gasteiger partial charge in [-0.15, -0.1) is 0 Å². The fraction of sp³-hybridized carbons (Fsp3) is 0.333. The third kappa shape index (κ3) is 0.504. The van der Waals surface area contributed by atoms with Gasteiger partial charge in [-0.25, -0.2) is 4.79 Å².